The number of aliphatic hydroxyl groups excluding tert-OH is 1. The number of aryl methyl sites for hydroxylation is 1. The third-order valence-corrected chi connectivity index (χ3v) is 7.75. The van der Waals surface area contributed by atoms with Crippen LogP contribution in [0, 0.1) is 6.92 Å². The van der Waals surface area contributed by atoms with E-state index in [-0.39, 0.29) is 11.3 Å². The number of aromatic nitrogens is 1. The molecular weight excluding hydrogens is 472 g/mol. The Morgan fingerprint density at radius 2 is 1.91 bits per heavy atom. The first-order valence-electron chi connectivity index (χ1n) is 10.6. The van der Waals surface area contributed by atoms with Gasteiger partial charge in [0, 0.05) is 10.4 Å². The van der Waals surface area contributed by atoms with Gasteiger partial charge in [0.15, 0.2) is 16.6 Å². The zero-order valence-corrected chi connectivity index (χ0v) is 19.6. The van der Waals surface area contributed by atoms with E-state index in [2.05, 4.69) is 4.98 Å². The van der Waals surface area contributed by atoms with Crippen LogP contribution in [0.5, 0.6) is 11.5 Å². The van der Waals surface area contributed by atoms with Crippen LogP contribution in [-0.2, 0) is 9.59 Å². The fourth-order valence-corrected chi connectivity index (χ4v) is 6.13. The van der Waals surface area contributed by atoms with Crippen molar-refractivity contribution in [2.45, 2.75) is 13.0 Å². The van der Waals surface area contributed by atoms with Crippen molar-refractivity contribution in [1.29, 1.82) is 0 Å². The minimum Gasteiger partial charge on any atom is -0.507 e. The molecule has 0 saturated carbocycles. The molecule has 1 N–H and O–H groups in total. The number of nitrogens with zero attached hydrogens (tertiary/aromatic N) is 2. The van der Waals surface area contributed by atoms with Crippen molar-refractivity contribution in [1.82, 2.24) is 4.98 Å². The zero-order valence-electron chi connectivity index (χ0n) is 18.0. The van der Waals surface area contributed by atoms with Crippen LogP contribution in [0.4, 0.5) is 5.13 Å². The van der Waals surface area contributed by atoms with Crippen molar-refractivity contribution in [2.75, 3.05) is 18.1 Å². The number of ketones is 1. The number of benzene rings is 2. The van der Waals surface area contributed by atoms with Crippen LogP contribution in [0.25, 0.3) is 16.0 Å². The summed E-state index contributed by atoms with van der Waals surface area (Å²) in [6, 6.07) is 13.8. The van der Waals surface area contributed by atoms with E-state index < -0.39 is 17.7 Å². The fraction of sp³-hybridized carbons (Fsp3) is 0.160. The third-order valence-electron chi connectivity index (χ3n) is 5.81. The van der Waals surface area contributed by atoms with Crippen molar-refractivity contribution in [3.05, 3.63) is 75.5 Å². The highest BCUT2D eigenvalue weighted by atomic mass is 32.1. The molecule has 2 aromatic carbocycles. The second kappa shape index (κ2) is 7.96. The summed E-state index contributed by atoms with van der Waals surface area (Å²) in [5.41, 5.74) is 2.24. The van der Waals surface area contributed by atoms with E-state index in [0.29, 0.717) is 35.4 Å². The molecule has 0 spiro atoms. The number of hydrogen-bond acceptors (Lipinski definition) is 8. The molecule has 1 amide bonds. The van der Waals surface area contributed by atoms with Crippen molar-refractivity contribution >= 4 is 55.5 Å². The molecule has 0 radical (unpaired) electrons. The van der Waals surface area contributed by atoms with Gasteiger partial charge in [-0.2, -0.15) is 0 Å². The highest BCUT2D eigenvalue weighted by Gasteiger charge is 2.48. The summed E-state index contributed by atoms with van der Waals surface area (Å²) < 4.78 is 12.1. The molecule has 2 aliphatic heterocycles. The smallest absolute Gasteiger partial charge is 0.301 e. The number of rotatable bonds is 3. The van der Waals surface area contributed by atoms with Gasteiger partial charge in [-0.05, 0) is 54.3 Å². The van der Waals surface area contributed by atoms with Gasteiger partial charge in [0.1, 0.15) is 25.0 Å². The maximum Gasteiger partial charge on any atom is 0.301 e. The molecule has 2 aromatic heterocycles. The summed E-state index contributed by atoms with van der Waals surface area (Å²) in [5.74, 6) is -0.663. The summed E-state index contributed by atoms with van der Waals surface area (Å²) in [6.07, 6.45) is 0. The summed E-state index contributed by atoms with van der Waals surface area (Å²) in [7, 11) is 0. The van der Waals surface area contributed by atoms with Gasteiger partial charge in [-0.3, -0.25) is 14.5 Å². The lowest BCUT2D eigenvalue weighted by molar-refractivity contribution is -0.132. The zero-order chi connectivity index (χ0) is 23.4. The molecule has 4 heterocycles. The topological polar surface area (TPSA) is 89.0 Å². The molecule has 2 aliphatic rings. The average Bonchev–Trinajstić information content (AvgIpc) is 3.57. The molecule has 1 atom stereocenters. The van der Waals surface area contributed by atoms with Crippen molar-refractivity contribution in [2.24, 2.45) is 0 Å². The number of Topliss-reactive ketones (excluding diaryl/α,β-unsaturated/α-hetero) is 1. The van der Waals surface area contributed by atoms with Crippen molar-refractivity contribution in [3.63, 3.8) is 0 Å². The van der Waals surface area contributed by atoms with Crippen LogP contribution in [-0.4, -0.2) is 35.0 Å². The number of amides is 1. The van der Waals surface area contributed by atoms with E-state index in [0.717, 1.165) is 20.7 Å². The lowest BCUT2D eigenvalue weighted by Gasteiger charge is -2.22. The largest absolute Gasteiger partial charge is 0.507 e. The predicted molar refractivity (Wildman–Crippen MR) is 131 cm³/mol. The SMILES string of the molecule is Cc1ccc2nc(N3C(=O)C(=O)/C(=C(/O)c4ccc5c(c4)OCCO5)C3c3cccs3)sc2c1. The second-order valence-corrected chi connectivity index (χ2v) is 10.00. The van der Waals surface area contributed by atoms with Gasteiger partial charge in [0.25, 0.3) is 5.78 Å². The lowest BCUT2D eigenvalue weighted by Crippen LogP contribution is -2.28. The van der Waals surface area contributed by atoms with Crippen LogP contribution in [0.15, 0.2) is 59.5 Å². The molecule has 170 valence electrons. The van der Waals surface area contributed by atoms with Gasteiger partial charge < -0.3 is 14.6 Å². The van der Waals surface area contributed by atoms with E-state index in [9.17, 15) is 14.7 Å². The molecule has 34 heavy (non-hydrogen) atoms. The molecule has 4 aromatic rings. The molecule has 7 nitrogen and oxygen atoms in total. The molecule has 0 bridgehead atoms. The van der Waals surface area contributed by atoms with Gasteiger partial charge in [-0.1, -0.05) is 23.5 Å². The number of aliphatic hydroxyl groups is 1. The molecule has 1 saturated heterocycles. The first-order chi connectivity index (χ1) is 16.5. The molecule has 9 heteroatoms. The average molecular weight is 491 g/mol. The quantitative estimate of drug-likeness (QED) is 0.245. The number of anilines is 1. The number of thiazole rings is 1. The number of ether oxygens (including phenoxy) is 2. The Labute approximate surface area is 202 Å². The number of thiophene rings is 1. The normalized spacial score (nSPS) is 19.2. The second-order valence-electron chi connectivity index (χ2n) is 8.01. The van der Waals surface area contributed by atoms with Gasteiger partial charge in [0.2, 0.25) is 0 Å². The number of hydrogen-bond donors (Lipinski definition) is 1. The molecule has 1 unspecified atom stereocenters. The van der Waals surface area contributed by atoms with Crippen LogP contribution in [0.3, 0.4) is 0 Å². The van der Waals surface area contributed by atoms with Crippen molar-refractivity contribution < 1.29 is 24.2 Å². The predicted octanol–water partition coefficient (Wildman–Crippen LogP) is 5.06. The van der Waals surface area contributed by atoms with Crippen LogP contribution < -0.4 is 14.4 Å². The summed E-state index contributed by atoms with van der Waals surface area (Å²) in [5, 5.41) is 13.6. The van der Waals surface area contributed by atoms with Crippen LogP contribution in [0.2, 0.25) is 0 Å². The van der Waals surface area contributed by atoms with Crippen LogP contribution >= 0.6 is 22.7 Å². The summed E-state index contributed by atoms with van der Waals surface area (Å²) in [4.78, 5) is 33.4. The van der Waals surface area contributed by atoms with Gasteiger partial charge in [0.05, 0.1) is 15.8 Å². The van der Waals surface area contributed by atoms with E-state index >= 15 is 0 Å². The Hall–Kier alpha value is -3.69. The highest BCUT2D eigenvalue weighted by molar-refractivity contribution is 7.22. The number of carbonyl (C=O) groups excluding carboxylic acids is 2. The standard InChI is InChI=1S/C25H18N2O5S2/c1-13-4-6-15-19(11-13)34-25(26-15)27-21(18-3-2-10-33-18)20(23(29)24(27)30)22(28)14-5-7-16-17(12-14)32-9-8-31-16/h2-7,10-12,21,28H,8-9H2,1H3/b22-20+. The molecule has 1 fully saturated rings. The minimum absolute atomic E-state index is 0.0274. The Kier molecular flexibility index (Phi) is 4.89. The Balaban J connectivity index is 1.52. The van der Waals surface area contributed by atoms with E-state index in [4.69, 9.17) is 9.47 Å². The van der Waals surface area contributed by atoms with Gasteiger partial charge >= 0.3 is 5.91 Å². The first kappa shape index (κ1) is 20.9. The Bertz CT molecular complexity index is 1490. The molecule has 0 aliphatic carbocycles. The Morgan fingerprint density at radius 1 is 1.09 bits per heavy atom. The molecular formula is C25H18N2O5S2. The summed E-state index contributed by atoms with van der Waals surface area (Å²) >= 11 is 2.76. The van der Waals surface area contributed by atoms with E-state index in [1.165, 1.54) is 27.6 Å². The maximum atomic E-state index is 13.3. The van der Waals surface area contributed by atoms with Crippen molar-refractivity contribution in [3.8, 4) is 11.5 Å². The van der Waals surface area contributed by atoms with E-state index in [1.54, 1.807) is 18.2 Å². The summed E-state index contributed by atoms with van der Waals surface area (Å²) in [6.45, 7) is 2.83. The Morgan fingerprint density at radius 3 is 2.71 bits per heavy atom. The maximum absolute atomic E-state index is 13.3. The highest BCUT2D eigenvalue weighted by Crippen LogP contribution is 2.46. The van der Waals surface area contributed by atoms with Crippen LogP contribution in [0.1, 0.15) is 22.0 Å². The van der Waals surface area contributed by atoms with E-state index in [1.807, 2.05) is 42.6 Å². The number of fused-ring (bicyclic) bond motifs is 2. The first-order valence-corrected chi connectivity index (χ1v) is 12.3. The van der Waals surface area contributed by atoms with Gasteiger partial charge in [-0.25, -0.2) is 4.98 Å². The number of carbonyl (C=O) groups is 2. The third kappa shape index (κ3) is 3.27. The van der Waals surface area contributed by atoms with Gasteiger partial charge in [-0.15, -0.1) is 11.3 Å². The monoisotopic (exact) mass is 490 g/mol. The minimum atomic E-state index is -0.783. The lowest BCUT2D eigenvalue weighted by atomic mass is 9.99. The molecule has 6 rings (SSSR count). The fourth-order valence-electron chi connectivity index (χ4n) is 4.21.